The lowest BCUT2D eigenvalue weighted by Gasteiger charge is -2.53. The summed E-state index contributed by atoms with van der Waals surface area (Å²) in [5.41, 5.74) is 6.30. The standard InChI is InChI=1S/C30H52Si3/c1-21(2)25-15-17-27(23(5)6)29(19-25)33(31(9,10)11,32(12,13)14)30-20-26(22(3)4)16-18-28(30)24(7)8/h15-24H,1-14H3. The maximum absolute atomic E-state index is 2.70. The van der Waals surface area contributed by atoms with Gasteiger partial charge >= 0.3 is 0 Å². The van der Waals surface area contributed by atoms with Crippen molar-refractivity contribution in [3.8, 4) is 0 Å². The van der Waals surface area contributed by atoms with E-state index in [2.05, 4.69) is 131 Å². The Morgan fingerprint density at radius 1 is 0.455 bits per heavy atom. The number of hydrogen-bond acceptors (Lipinski definition) is 0. The summed E-state index contributed by atoms with van der Waals surface area (Å²) >= 11 is 0. The Labute approximate surface area is 209 Å². The molecule has 0 aliphatic rings. The van der Waals surface area contributed by atoms with Gasteiger partial charge in [-0.1, -0.05) is 141 Å². The van der Waals surface area contributed by atoms with Gasteiger partial charge in [-0.2, -0.15) is 0 Å². The zero-order chi connectivity index (χ0) is 25.5. The molecule has 184 valence electrons. The van der Waals surface area contributed by atoms with E-state index >= 15 is 0 Å². The van der Waals surface area contributed by atoms with E-state index in [0.29, 0.717) is 23.7 Å². The molecule has 0 unspecified atom stereocenters. The molecule has 0 nitrogen and oxygen atoms in total. The average molecular weight is 497 g/mol. The second-order valence-electron chi connectivity index (χ2n) is 13.6. The van der Waals surface area contributed by atoms with Crippen LogP contribution in [0.3, 0.4) is 0 Å². The first-order valence-electron chi connectivity index (χ1n) is 13.2. The molecule has 2 rings (SSSR count). The van der Waals surface area contributed by atoms with Crippen LogP contribution in [0.1, 0.15) is 101 Å². The molecule has 0 aromatic heterocycles. The van der Waals surface area contributed by atoms with E-state index in [-0.39, 0.29) is 0 Å². The molecule has 0 N–H and O–H groups in total. The minimum atomic E-state index is -2.04. The second-order valence-corrected chi connectivity index (χ2v) is 40.1. The molecule has 0 fully saturated rings. The average Bonchev–Trinajstić information content (AvgIpc) is 2.65. The summed E-state index contributed by atoms with van der Waals surface area (Å²) in [6.07, 6.45) is 0. The second kappa shape index (κ2) is 9.99. The van der Waals surface area contributed by atoms with Crippen molar-refractivity contribution in [1.82, 2.24) is 0 Å². The number of hydrogen-bond donors (Lipinski definition) is 0. The molecule has 2 aromatic rings. The van der Waals surface area contributed by atoms with Gasteiger partial charge in [-0.3, -0.25) is 0 Å². The highest BCUT2D eigenvalue weighted by Gasteiger charge is 2.58. The van der Waals surface area contributed by atoms with Crippen molar-refractivity contribution >= 4 is 32.7 Å². The maximum Gasteiger partial charge on any atom is 0.104 e. The number of rotatable bonds is 8. The van der Waals surface area contributed by atoms with Crippen molar-refractivity contribution in [2.45, 2.75) is 118 Å². The first-order chi connectivity index (χ1) is 15.0. The van der Waals surface area contributed by atoms with E-state index in [1.807, 2.05) is 0 Å². The molecule has 0 aliphatic carbocycles. The summed E-state index contributed by atoms with van der Waals surface area (Å²) < 4.78 is 0. The minimum Gasteiger partial charge on any atom is -0.0711 e. The Morgan fingerprint density at radius 2 is 0.758 bits per heavy atom. The van der Waals surface area contributed by atoms with Gasteiger partial charge in [0, 0.05) is 15.2 Å². The molecular formula is C30H52Si3. The van der Waals surface area contributed by atoms with Crippen molar-refractivity contribution in [2.75, 3.05) is 0 Å². The van der Waals surface area contributed by atoms with Crippen LogP contribution in [0.5, 0.6) is 0 Å². The molecule has 2 aromatic carbocycles. The fourth-order valence-corrected chi connectivity index (χ4v) is 53.9. The van der Waals surface area contributed by atoms with Gasteiger partial charge < -0.3 is 0 Å². The summed E-state index contributed by atoms with van der Waals surface area (Å²) in [6.45, 7) is 35.3. The molecule has 0 spiro atoms. The Hall–Kier alpha value is -0.909. The van der Waals surface area contributed by atoms with Crippen LogP contribution in [0.4, 0.5) is 0 Å². The smallest absolute Gasteiger partial charge is 0.0711 e. The van der Waals surface area contributed by atoms with Gasteiger partial charge in [-0.15, -0.1) is 0 Å². The molecule has 0 atom stereocenters. The predicted molar refractivity (Wildman–Crippen MR) is 161 cm³/mol. The first-order valence-corrected chi connectivity index (χ1v) is 24.2. The predicted octanol–water partition coefficient (Wildman–Crippen LogP) is 8.58. The van der Waals surface area contributed by atoms with Crippen LogP contribution in [0.2, 0.25) is 39.3 Å². The Balaban J connectivity index is 3.25. The van der Waals surface area contributed by atoms with E-state index in [1.54, 1.807) is 21.5 Å². The zero-order valence-electron chi connectivity index (χ0n) is 24.3. The largest absolute Gasteiger partial charge is 0.104 e. The van der Waals surface area contributed by atoms with Gasteiger partial charge in [0.15, 0.2) is 0 Å². The fraction of sp³-hybridized carbons (Fsp3) is 0.600. The maximum atomic E-state index is 2.70. The monoisotopic (exact) mass is 496 g/mol. The molecule has 0 saturated heterocycles. The van der Waals surface area contributed by atoms with Crippen molar-refractivity contribution in [1.29, 1.82) is 0 Å². The van der Waals surface area contributed by atoms with Crippen LogP contribution >= 0.6 is 0 Å². The molecule has 0 radical (unpaired) electrons. The van der Waals surface area contributed by atoms with Crippen LogP contribution in [-0.2, 0) is 0 Å². The lowest BCUT2D eigenvalue weighted by Crippen LogP contribution is -2.85. The Bertz CT molecular complexity index is 874. The van der Waals surface area contributed by atoms with Crippen LogP contribution in [0, 0.1) is 0 Å². The molecule has 3 heteroatoms. The molecule has 33 heavy (non-hydrogen) atoms. The van der Waals surface area contributed by atoms with Crippen molar-refractivity contribution in [2.24, 2.45) is 0 Å². The van der Waals surface area contributed by atoms with E-state index in [0.717, 1.165) is 0 Å². The highest BCUT2D eigenvalue weighted by molar-refractivity contribution is 7.76. The number of benzene rings is 2. The van der Waals surface area contributed by atoms with Crippen molar-refractivity contribution in [3.63, 3.8) is 0 Å². The lowest BCUT2D eigenvalue weighted by atomic mass is 9.97. The Kier molecular flexibility index (Phi) is 8.57. The summed E-state index contributed by atoms with van der Waals surface area (Å²) in [7, 11) is -5.29. The third kappa shape index (κ3) is 5.21. The van der Waals surface area contributed by atoms with Gasteiger partial charge in [0.05, 0.1) is 0 Å². The summed E-state index contributed by atoms with van der Waals surface area (Å²) in [4.78, 5) is 0. The topological polar surface area (TPSA) is 0 Å². The molecule has 0 amide bonds. The van der Waals surface area contributed by atoms with Gasteiger partial charge in [0.2, 0.25) is 0 Å². The highest BCUT2D eigenvalue weighted by Crippen LogP contribution is 2.35. The summed E-state index contributed by atoms with van der Waals surface area (Å²) in [5.74, 6) is 2.23. The van der Waals surface area contributed by atoms with Crippen LogP contribution < -0.4 is 10.4 Å². The van der Waals surface area contributed by atoms with E-state index in [9.17, 15) is 0 Å². The first kappa shape index (κ1) is 28.3. The van der Waals surface area contributed by atoms with E-state index in [1.165, 1.54) is 11.1 Å². The summed E-state index contributed by atoms with van der Waals surface area (Å²) in [5, 5.41) is 3.59. The molecule has 0 aliphatic heterocycles. The molecular weight excluding hydrogens is 445 g/mol. The lowest BCUT2D eigenvalue weighted by molar-refractivity contribution is 0.848. The van der Waals surface area contributed by atoms with Gasteiger partial charge in [-0.25, -0.2) is 0 Å². The van der Waals surface area contributed by atoms with Crippen molar-refractivity contribution in [3.05, 3.63) is 58.7 Å². The Morgan fingerprint density at radius 3 is 0.970 bits per heavy atom. The normalized spacial score (nSPS) is 13.6. The minimum absolute atomic E-state index is 0.552. The van der Waals surface area contributed by atoms with Gasteiger partial charge in [0.25, 0.3) is 0 Å². The van der Waals surface area contributed by atoms with Crippen LogP contribution in [-0.4, -0.2) is 22.3 Å². The third-order valence-corrected chi connectivity index (χ3v) is 45.0. The van der Waals surface area contributed by atoms with E-state index < -0.39 is 22.3 Å². The third-order valence-electron chi connectivity index (χ3n) is 7.79. The van der Waals surface area contributed by atoms with Crippen molar-refractivity contribution < 1.29 is 0 Å². The SMILES string of the molecule is CC(C)c1ccc(C(C)C)c([Si](c2cc(C(C)C)ccc2C(C)C)([Si](C)(C)C)[Si](C)(C)C)c1. The van der Waals surface area contributed by atoms with Crippen LogP contribution in [0.25, 0.3) is 0 Å². The fourth-order valence-electron chi connectivity index (χ4n) is 6.41. The quantitative estimate of drug-likeness (QED) is 0.321. The molecule has 0 bridgehead atoms. The van der Waals surface area contributed by atoms with E-state index in [4.69, 9.17) is 0 Å². The summed E-state index contributed by atoms with van der Waals surface area (Å²) in [6, 6.07) is 15.3. The van der Waals surface area contributed by atoms with Crippen LogP contribution in [0.15, 0.2) is 36.4 Å². The van der Waals surface area contributed by atoms with Gasteiger partial charge in [0.1, 0.15) is 7.11 Å². The molecule has 0 heterocycles. The zero-order valence-corrected chi connectivity index (χ0v) is 27.3. The highest BCUT2D eigenvalue weighted by atomic mass is 29.6. The van der Waals surface area contributed by atoms with Gasteiger partial charge in [-0.05, 0) is 45.9 Å². The molecule has 0 saturated carbocycles.